The molecular weight excluding hydrogens is 466 g/mol. The highest BCUT2D eigenvalue weighted by Crippen LogP contribution is 2.36. The second-order valence-electron chi connectivity index (χ2n) is 8.98. The number of hydrogen-bond donors (Lipinski definition) is 4. The monoisotopic (exact) mass is 501 g/mol. The van der Waals surface area contributed by atoms with Crippen molar-refractivity contribution in [1.29, 1.82) is 0 Å². The van der Waals surface area contributed by atoms with Crippen molar-refractivity contribution in [3.05, 3.63) is 29.5 Å². The molecule has 0 aliphatic heterocycles. The molecule has 0 saturated heterocycles. The molecule has 2 aromatic rings. The highest BCUT2D eigenvalue weighted by Gasteiger charge is 2.30. The largest absolute Gasteiger partial charge is 0.507 e. The molecule has 1 aromatic heterocycles. The lowest BCUT2D eigenvalue weighted by Crippen LogP contribution is -2.33. The predicted octanol–water partition coefficient (Wildman–Crippen LogP) is 3.74. The number of hydrogen-bond acceptors (Lipinski definition) is 8. The summed E-state index contributed by atoms with van der Waals surface area (Å²) >= 11 is 0. The number of amides is 2. The number of carbonyl (C=O) groups is 2. The van der Waals surface area contributed by atoms with Gasteiger partial charge in [0.25, 0.3) is 5.91 Å². The molecule has 1 fully saturated rings. The van der Waals surface area contributed by atoms with Crippen molar-refractivity contribution in [3.63, 3.8) is 0 Å². The molecule has 1 saturated carbocycles. The van der Waals surface area contributed by atoms with E-state index in [0.717, 1.165) is 25.0 Å². The number of rotatable bonds is 11. The van der Waals surface area contributed by atoms with Crippen molar-refractivity contribution in [2.75, 3.05) is 25.6 Å². The minimum Gasteiger partial charge on any atom is -0.507 e. The van der Waals surface area contributed by atoms with Gasteiger partial charge in [0.05, 0.1) is 12.7 Å². The predicted molar refractivity (Wildman–Crippen MR) is 135 cm³/mol. The van der Waals surface area contributed by atoms with E-state index >= 15 is 0 Å². The SMILES string of the molecule is CCC/N=C/c1c(O)cc(OC)cc1OCC(=O)Nc1cc([C@H]2CC[C@@H](OC(=O)NC(C)C)C2)[nH]n1. The molecule has 0 radical (unpaired) electrons. The Kier molecular flexibility index (Phi) is 9.54. The molecule has 1 aliphatic rings. The Morgan fingerprint density at radius 3 is 2.83 bits per heavy atom. The second kappa shape index (κ2) is 12.8. The number of anilines is 1. The minimum atomic E-state index is -0.412. The molecule has 0 unspecified atom stereocenters. The molecular formula is C25H35N5O6. The van der Waals surface area contributed by atoms with Crippen LogP contribution in [0, 0.1) is 0 Å². The molecule has 1 aliphatic carbocycles. The van der Waals surface area contributed by atoms with Gasteiger partial charge in [0.2, 0.25) is 0 Å². The average Bonchev–Trinajstić information content (AvgIpc) is 3.47. The van der Waals surface area contributed by atoms with Crippen LogP contribution in [0.15, 0.2) is 23.2 Å². The van der Waals surface area contributed by atoms with Crippen LogP contribution in [0.4, 0.5) is 10.6 Å². The summed E-state index contributed by atoms with van der Waals surface area (Å²) in [5.74, 6) is 0.739. The van der Waals surface area contributed by atoms with E-state index in [2.05, 4.69) is 25.8 Å². The molecule has 1 heterocycles. The lowest BCUT2D eigenvalue weighted by molar-refractivity contribution is -0.118. The Morgan fingerprint density at radius 2 is 2.11 bits per heavy atom. The van der Waals surface area contributed by atoms with Crippen LogP contribution >= 0.6 is 0 Å². The zero-order valence-electron chi connectivity index (χ0n) is 21.2. The average molecular weight is 502 g/mol. The fraction of sp³-hybridized carbons (Fsp3) is 0.520. The van der Waals surface area contributed by atoms with Crippen LogP contribution in [0.25, 0.3) is 0 Å². The van der Waals surface area contributed by atoms with Crippen molar-refractivity contribution in [1.82, 2.24) is 15.5 Å². The highest BCUT2D eigenvalue weighted by atomic mass is 16.6. The van der Waals surface area contributed by atoms with Crippen molar-refractivity contribution < 1.29 is 28.9 Å². The van der Waals surface area contributed by atoms with Crippen molar-refractivity contribution in [2.45, 2.75) is 64.5 Å². The van der Waals surface area contributed by atoms with E-state index in [1.165, 1.54) is 19.4 Å². The third kappa shape index (κ3) is 7.62. The number of methoxy groups -OCH3 is 1. The number of phenols is 1. The third-order valence-electron chi connectivity index (χ3n) is 5.63. The first kappa shape index (κ1) is 26.8. The van der Waals surface area contributed by atoms with Gasteiger partial charge in [-0.2, -0.15) is 5.10 Å². The molecule has 0 bridgehead atoms. The van der Waals surface area contributed by atoms with Gasteiger partial charge in [-0.25, -0.2) is 4.79 Å². The fourth-order valence-corrected chi connectivity index (χ4v) is 3.92. The number of aliphatic imine (C=N–C) groups is 1. The van der Waals surface area contributed by atoms with Gasteiger partial charge in [0.1, 0.15) is 23.4 Å². The molecule has 4 N–H and O–H groups in total. The zero-order chi connectivity index (χ0) is 26.1. The summed E-state index contributed by atoms with van der Waals surface area (Å²) in [6.07, 6.45) is 4.12. The fourth-order valence-electron chi connectivity index (χ4n) is 3.92. The van der Waals surface area contributed by atoms with Gasteiger partial charge >= 0.3 is 6.09 Å². The molecule has 3 rings (SSSR count). The Morgan fingerprint density at radius 1 is 1.31 bits per heavy atom. The maximum absolute atomic E-state index is 12.5. The smallest absolute Gasteiger partial charge is 0.407 e. The number of phenolic OH excluding ortho intramolecular Hbond substituents is 1. The number of H-pyrrole nitrogens is 1. The van der Waals surface area contributed by atoms with Crippen molar-refractivity contribution >= 4 is 24.0 Å². The van der Waals surface area contributed by atoms with Crippen molar-refractivity contribution in [2.24, 2.45) is 4.99 Å². The van der Waals surface area contributed by atoms with E-state index in [4.69, 9.17) is 14.2 Å². The van der Waals surface area contributed by atoms with E-state index in [1.807, 2.05) is 20.8 Å². The van der Waals surface area contributed by atoms with Crippen molar-refractivity contribution in [3.8, 4) is 17.2 Å². The van der Waals surface area contributed by atoms with Crippen LogP contribution in [0.3, 0.4) is 0 Å². The van der Waals surface area contributed by atoms with E-state index in [0.29, 0.717) is 30.1 Å². The van der Waals surface area contributed by atoms with E-state index < -0.39 is 12.0 Å². The lowest BCUT2D eigenvalue weighted by atomic mass is 10.0. The number of carbonyl (C=O) groups excluding carboxylic acids is 2. The first-order chi connectivity index (χ1) is 17.3. The molecule has 11 nitrogen and oxygen atoms in total. The zero-order valence-corrected chi connectivity index (χ0v) is 21.2. The summed E-state index contributed by atoms with van der Waals surface area (Å²) < 4.78 is 16.3. The number of alkyl carbamates (subject to hydrolysis) is 1. The van der Waals surface area contributed by atoms with E-state index in [-0.39, 0.29) is 36.2 Å². The number of benzene rings is 1. The Hall–Kier alpha value is -3.76. The number of aromatic amines is 1. The summed E-state index contributed by atoms with van der Waals surface area (Å²) in [4.78, 5) is 28.6. The van der Waals surface area contributed by atoms with E-state index in [1.54, 1.807) is 12.1 Å². The maximum atomic E-state index is 12.5. The summed E-state index contributed by atoms with van der Waals surface area (Å²) in [7, 11) is 1.48. The normalized spacial score (nSPS) is 17.4. The number of nitrogens with one attached hydrogen (secondary N) is 3. The molecule has 196 valence electrons. The molecule has 0 spiro atoms. The van der Waals surface area contributed by atoms with Gasteiger partial charge in [0, 0.05) is 48.6 Å². The summed E-state index contributed by atoms with van der Waals surface area (Å²) in [6.45, 7) is 6.06. The van der Waals surface area contributed by atoms with Gasteiger partial charge in [0.15, 0.2) is 12.4 Å². The molecule has 36 heavy (non-hydrogen) atoms. The number of aromatic nitrogens is 2. The standard InChI is InChI=1S/C25H35N5O6/c1-5-8-26-13-19-21(31)10-18(34-4)11-22(19)35-14-24(32)28-23-12-20(29-30-23)16-6-7-17(9-16)36-25(33)27-15(2)3/h10-13,15-17,31H,5-9,14H2,1-4H3,(H,27,33)(H2,28,29,30,32)/b26-13+/t16-,17+/m0/s1. The second-order valence-corrected chi connectivity index (χ2v) is 8.98. The number of aromatic hydroxyl groups is 1. The topological polar surface area (TPSA) is 147 Å². The Balaban J connectivity index is 1.55. The third-order valence-corrected chi connectivity index (χ3v) is 5.63. The quantitative estimate of drug-likeness (QED) is 0.343. The number of nitrogens with zero attached hydrogens (tertiary/aromatic N) is 2. The Labute approximate surface area is 210 Å². The van der Waals surface area contributed by atoms with E-state index in [9.17, 15) is 14.7 Å². The minimum absolute atomic E-state index is 0.0212. The summed E-state index contributed by atoms with van der Waals surface area (Å²) in [6, 6.07) is 4.85. The molecule has 1 aromatic carbocycles. The van der Waals surface area contributed by atoms with Crippen LogP contribution in [-0.4, -0.2) is 65.9 Å². The summed E-state index contributed by atoms with van der Waals surface area (Å²) in [5, 5.41) is 22.9. The van der Waals surface area contributed by atoms with Crippen LogP contribution in [0.5, 0.6) is 17.2 Å². The molecule has 11 heteroatoms. The first-order valence-electron chi connectivity index (χ1n) is 12.1. The number of ether oxygens (including phenoxy) is 3. The van der Waals surface area contributed by atoms with Gasteiger partial charge in [-0.3, -0.25) is 14.9 Å². The Bertz CT molecular complexity index is 1070. The van der Waals surface area contributed by atoms with Crippen LogP contribution < -0.4 is 20.1 Å². The molecule has 2 amide bonds. The van der Waals surface area contributed by atoms with Gasteiger partial charge in [-0.05, 0) is 39.5 Å². The van der Waals surface area contributed by atoms with Gasteiger partial charge in [-0.15, -0.1) is 0 Å². The highest BCUT2D eigenvalue weighted by molar-refractivity contribution is 5.92. The van der Waals surface area contributed by atoms with Crippen LogP contribution in [-0.2, 0) is 9.53 Å². The maximum Gasteiger partial charge on any atom is 0.407 e. The summed E-state index contributed by atoms with van der Waals surface area (Å²) in [5.41, 5.74) is 1.24. The van der Waals surface area contributed by atoms with Crippen LogP contribution in [0.2, 0.25) is 0 Å². The molecule has 2 atom stereocenters. The van der Waals surface area contributed by atoms with Gasteiger partial charge < -0.3 is 30.0 Å². The van der Waals surface area contributed by atoms with Crippen LogP contribution in [0.1, 0.15) is 63.6 Å². The first-order valence-corrected chi connectivity index (χ1v) is 12.1. The van der Waals surface area contributed by atoms with Gasteiger partial charge in [-0.1, -0.05) is 6.92 Å². The lowest BCUT2D eigenvalue weighted by Gasteiger charge is -2.14.